The number of aryl methyl sites for hydroxylation is 3. The highest BCUT2D eigenvalue weighted by atomic mass is 35.5. The highest BCUT2D eigenvalue weighted by Crippen LogP contribution is 2.44. The van der Waals surface area contributed by atoms with Crippen LogP contribution in [0.5, 0.6) is 0 Å². The zero-order valence-electron chi connectivity index (χ0n) is 21.5. The molecule has 0 aliphatic carbocycles. The van der Waals surface area contributed by atoms with Crippen LogP contribution >= 0.6 is 22.9 Å². The molecule has 38 heavy (non-hydrogen) atoms. The number of carbonyl (C=O) groups excluding carboxylic acids is 2. The summed E-state index contributed by atoms with van der Waals surface area (Å²) in [4.78, 5) is 32.6. The third-order valence-electron chi connectivity index (χ3n) is 6.78. The number of hydrogen-bond acceptors (Lipinski definition) is 6. The number of nitrogen functional groups attached to an aromatic ring is 1. The molecule has 3 heterocycles. The smallest absolute Gasteiger partial charge is 0.263 e. The Labute approximate surface area is 230 Å². The van der Waals surface area contributed by atoms with Gasteiger partial charge in [0.1, 0.15) is 9.71 Å². The van der Waals surface area contributed by atoms with Gasteiger partial charge in [-0.05, 0) is 51.3 Å². The van der Waals surface area contributed by atoms with Crippen LogP contribution in [-0.4, -0.2) is 36.1 Å². The fourth-order valence-corrected chi connectivity index (χ4v) is 6.17. The largest absolute Gasteiger partial charge is 0.397 e. The van der Waals surface area contributed by atoms with E-state index in [9.17, 15) is 9.59 Å². The van der Waals surface area contributed by atoms with E-state index < -0.39 is 0 Å². The number of nitrogens with one attached hydrogen (secondary N) is 2. The zero-order valence-corrected chi connectivity index (χ0v) is 23.1. The topological polar surface area (TPSA) is 106 Å². The van der Waals surface area contributed by atoms with Crippen molar-refractivity contribution < 1.29 is 14.3 Å². The van der Waals surface area contributed by atoms with Crippen molar-refractivity contribution in [3.8, 4) is 11.1 Å². The second-order valence-corrected chi connectivity index (χ2v) is 11.0. The first-order valence-electron chi connectivity index (χ1n) is 12.5. The molecular formula is C29H29ClN4O3S. The number of ether oxygens (including phenoxy) is 1. The molecule has 196 valence electrons. The minimum Gasteiger partial charge on any atom is -0.397 e. The molecule has 0 radical (unpaired) electrons. The van der Waals surface area contributed by atoms with E-state index in [0.717, 1.165) is 24.0 Å². The Balaban J connectivity index is 1.63. The van der Waals surface area contributed by atoms with Gasteiger partial charge in [-0.25, -0.2) is 4.98 Å². The summed E-state index contributed by atoms with van der Waals surface area (Å²) < 4.78 is 5.63. The number of benzene rings is 2. The van der Waals surface area contributed by atoms with Crippen LogP contribution in [0.25, 0.3) is 21.3 Å². The molecule has 0 bridgehead atoms. The monoisotopic (exact) mass is 548 g/mol. The van der Waals surface area contributed by atoms with Crippen molar-refractivity contribution in [3.63, 3.8) is 0 Å². The maximum atomic E-state index is 13.8. The molecule has 0 spiro atoms. The molecule has 1 saturated heterocycles. The van der Waals surface area contributed by atoms with E-state index in [-0.39, 0.29) is 23.6 Å². The van der Waals surface area contributed by atoms with Crippen molar-refractivity contribution in [3.05, 3.63) is 74.7 Å². The maximum absolute atomic E-state index is 13.8. The first kappa shape index (κ1) is 26.2. The molecule has 1 aliphatic heterocycles. The highest BCUT2D eigenvalue weighted by molar-refractivity contribution is 7.21. The van der Waals surface area contributed by atoms with Gasteiger partial charge in [-0.2, -0.15) is 0 Å². The summed E-state index contributed by atoms with van der Waals surface area (Å²) in [5.41, 5.74) is 11.7. The fourth-order valence-electron chi connectivity index (χ4n) is 4.88. The number of aromatic nitrogens is 1. The quantitative estimate of drug-likeness (QED) is 0.263. The number of nitrogens with two attached hydrogens (primary N) is 1. The Morgan fingerprint density at radius 1 is 1.16 bits per heavy atom. The predicted octanol–water partition coefficient (Wildman–Crippen LogP) is 6.29. The third-order valence-corrected chi connectivity index (χ3v) is 8.21. The fraction of sp³-hybridized carbons (Fsp3) is 0.276. The van der Waals surface area contributed by atoms with Crippen LogP contribution in [0.2, 0.25) is 5.02 Å². The molecule has 1 atom stereocenters. The normalized spacial score (nSPS) is 15.1. The lowest BCUT2D eigenvalue weighted by Gasteiger charge is -2.17. The summed E-state index contributed by atoms with van der Waals surface area (Å²) in [7, 11) is 0. The van der Waals surface area contributed by atoms with Gasteiger partial charge < -0.3 is 21.1 Å². The van der Waals surface area contributed by atoms with Crippen molar-refractivity contribution in [2.45, 2.75) is 39.7 Å². The van der Waals surface area contributed by atoms with Crippen LogP contribution in [0.15, 0.2) is 42.5 Å². The van der Waals surface area contributed by atoms with Gasteiger partial charge in [0, 0.05) is 40.4 Å². The van der Waals surface area contributed by atoms with Gasteiger partial charge in [0.15, 0.2) is 0 Å². The van der Waals surface area contributed by atoms with Gasteiger partial charge >= 0.3 is 0 Å². The number of amides is 2. The molecule has 1 fully saturated rings. The summed E-state index contributed by atoms with van der Waals surface area (Å²) in [5.74, 6) is -0.612. The van der Waals surface area contributed by atoms with Crippen LogP contribution in [0, 0.1) is 20.8 Å². The van der Waals surface area contributed by atoms with Crippen LogP contribution in [-0.2, 0) is 4.74 Å². The van der Waals surface area contributed by atoms with E-state index in [1.165, 1.54) is 11.3 Å². The van der Waals surface area contributed by atoms with E-state index in [4.69, 9.17) is 27.1 Å². The number of fused-ring (bicyclic) bond motifs is 1. The van der Waals surface area contributed by atoms with Gasteiger partial charge in [-0.15, -0.1) is 11.3 Å². The zero-order chi connectivity index (χ0) is 27.0. The van der Waals surface area contributed by atoms with Crippen molar-refractivity contribution in [2.75, 3.05) is 24.2 Å². The van der Waals surface area contributed by atoms with E-state index in [2.05, 4.69) is 10.6 Å². The number of rotatable bonds is 6. The van der Waals surface area contributed by atoms with Crippen molar-refractivity contribution in [1.82, 2.24) is 10.3 Å². The third kappa shape index (κ3) is 4.99. The van der Waals surface area contributed by atoms with Gasteiger partial charge in [0.25, 0.3) is 11.8 Å². The molecule has 0 unspecified atom stereocenters. The number of nitrogens with zero attached hydrogens (tertiary/aromatic N) is 1. The Bertz CT molecular complexity index is 1560. The van der Waals surface area contributed by atoms with Crippen LogP contribution in [0.4, 0.5) is 11.4 Å². The lowest BCUT2D eigenvalue weighted by Crippen LogP contribution is -2.31. The molecule has 9 heteroatoms. The number of pyridine rings is 1. The van der Waals surface area contributed by atoms with Gasteiger partial charge in [-0.3, -0.25) is 9.59 Å². The van der Waals surface area contributed by atoms with Crippen LogP contribution in [0.3, 0.4) is 0 Å². The van der Waals surface area contributed by atoms with E-state index in [1.54, 1.807) is 13.0 Å². The molecule has 2 amide bonds. The molecule has 0 saturated carbocycles. The highest BCUT2D eigenvalue weighted by Gasteiger charge is 2.28. The summed E-state index contributed by atoms with van der Waals surface area (Å²) in [6.45, 7) is 6.86. The Morgan fingerprint density at radius 3 is 2.66 bits per heavy atom. The molecule has 5 rings (SSSR count). The standard InChI is InChI=1S/C29H29ClN4O3S/c1-15-10-11-21(16(2)13-15)34-27(35)22-17(3)33-29-24(23(22)19-8-4-5-9-20(19)30)25(31)26(38-29)28(36)32-14-18-7-6-12-37-18/h4-5,8-11,13,18H,6-7,12,14,31H2,1-3H3,(H,32,36)(H,34,35)/t18-/m1/s1. The number of thiophene rings is 1. The summed E-state index contributed by atoms with van der Waals surface area (Å²) >= 11 is 7.86. The number of carbonyl (C=O) groups is 2. The summed E-state index contributed by atoms with van der Waals surface area (Å²) in [5, 5.41) is 6.99. The number of hydrogen-bond donors (Lipinski definition) is 3. The molecule has 4 N–H and O–H groups in total. The average molecular weight is 549 g/mol. The Morgan fingerprint density at radius 2 is 1.95 bits per heavy atom. The first-order valence-corrected chi connectivity index (χ1v) is 13.7. The molecule has 4 aromatic rings. The molecule has 2 aromatic heterocycles. The second kappa shape index (κ2) is 10.7. The minimum absolute atomic E-state index is 0.00846. The lowest BCUT2D eigenvalue weighted by atomic mass is 9.94. The van der Waals surface area contributed by atoms with Gasteiger partial charge in [0.05, 0.1) is 23.0 Å². The summed E-state index contributed by atoms with van der Waals surface area (Å²) in [6, 6.07) is 13.1. The SMILES string of the molecule is Cc1ccc(NC(=O)c2c(C)nc3sc(C(=O)NC[C@H]4CCCO4)c(N)c3c2-c2ccccc2Cl)c(C)c1. The molecule has 7 nitrogen and oxygen atoms in total. The molecular weight excluding hydrogens is 520 g/mol. The van der Waals surface area contributed by atoms with Gasteiger partial charge in [0.2, 0.25) is 0 Å². The first-order chi connectivity index (χ1) is 18.2. The maximum Gasteiger partial charge on any atom is 0.263 e. The van der Waals surface area contributed by atoms with Crippen LogP contribution in [0.1, 0.15) is 49.7 Å². The van der Waals surface area contributed by atoms with Crippen molar-refractivity contribution >= 4 is 56.3 Å². The van der Waals surface area contributed by atoms with E-state index in [0.29, 0.717) is 61.3 Å². The minimum atomic E-state index is -0.325. The number of halogens is 1. The average Bonchev–Trinajstić information content (AvgIpc) is 3.52. The van der Waals surface area contributed by atoms with E-state index in [1.807, 2.05) is 50.2 Å². The number of anilines is 2. The van der Waals surface area contributed by atoms with Gasteiger partial charge in [-0.1, -0.05) is 47.5 Å². The predicted molar refractivity (Wildman–Crippen MR) is 154 cm³/mol. The second-order valence-electron chi connectivity index (χ2n) is 9.57. The summed E-state index contributed by atoms with van der Waals surface area (Å²) in [6.07, 6.45) is 1.91. The van der Waals surface area contributed by atoms with Crippen LogP contribution < -0.4 is 16.4 Å². The van der Waals surface area contributed by atoms with E-state index >= 15 is 0 Å². The Kier molecular flexibility index (Phi) is 7.38. The van der Waals surface area contributed by atoms with Crippen molar-refractivity contribution in [2.24, 2.45) is 0 Å². The molecule has 2 aromatic carbocycles. The Hall–Kier alpha value is -3.46. The molecule has 1 aliphatic rings. The lowest BCUT2D eigenvalue weighted by molar-refractivity contribution is 0.0861. The van der Waals surface area contributed by atoms with Crippen molar-refractivity contribution in [1.29, 1.82) is 0 Å².